The second-order valence-corrected chi connectivity index (χ2v) is 9.00. The van der Waals surface area contributed by atoms with Gasteiger partial charge >= 0.3 is 0 Å². The summed E-state index contributed by atoms with van der Waals surface area (Å²) < 4.78 is 10.7. The van der Waals surface area contributed by atoms with Crippen molar-refractivity contribution in [1.29, 1.82) is 0 Å². The molecule has 33 heavy (non-hydrogen) atoms. The van der Waals surface area contributed by atoms with Crippen LogP contribution in [-0.2, 0) is 11.3 Å². The molecule has 1 aliphatic rings. The second kappa shape index (κ2) is 10.2. The number of carbonyl (C=O) groups is 1. The number of hydrogen-bond acceptors (Lipinski definition) is 6. The van der Waals surface area contributed by atoms with Crippen molar-refractivity contribution in [1.82, 2.24) is 15.0 Å². The maximum Gasteiger partial charge on any atom is 0.241 e. The molecule has 1 N–H and O–H groups in total. The van der Waals surface area contributed by atoms with Crippen molar-refractivity contribution in [3.05, 3.63) is 59.5 Å². The maximum absolute atomic E-state index is 13.1. The molecular weight excluding hydrogens is 416 g/mol. The van der Waals surface area contributed by atoms with E-state index >= 15 is 0 Å². The fraction of sp³-hybridized carbons (Fsp3) is 0.423. The second-order valence-electron chi connectivity index (χ2n) is 9.00. The molecule has 0 radical (unpaired) electrons. The third-order valence-corrected chi connectivity index (χ3v) is 6.23. The SMILES string of the molecule is COc1ccc(-c2noc(CN3CCCC(C(=O)Nc4c(C)cccc4C(C)C)C3)n2)cc1. The molecule has 2 heterocycles. The van der Waals surface area contributed by atoms with Crippen LogP contribution in [0.5, 0.6) is 5.75 Å². The van der Waals surface area contributed by atoms with Gasteiger partial charge in [-0.25, -0.2) is 0 Å². The molecule has 1 aliphatic heterocycles. The van der Waals surface area contributed by atoms with Gasteiger partial charge in [0.25, 0.3) is 0 Å². The van der Waals surface area contributed by atoms with Gasteiger partial charge in [-0.1, -0.05) is 37.2 Å². The van der Waals surface area contributed by atoms with Gasteiger partial charge in [0.05, 0.1) is 19.6 Å². The standard InChI is InChI=1S/C26H32N4O3/c1-17(2)22-9-5-7-18(3)24(22)28-26(31)20-8-6-14-30(15-20)16-23-27-25(29-33-23)19-10-12-21(32-4)13-11-19/h5,7,9-13,17,20H,6,8,14-16H2,1-4H3,(H,28,31). The normalized spacial score (nSPS) is 16.7. The Morgan fingerprint density at radius 1 is 1.24 bits per heavy atom. The third kappa shape index (κ3) is 5.42. The molecule has 0 aliphatic carbocycles. The summed E-state index contributed by atoms with van der Waals surface area (Å²) >= 11 is 0. The predicted molar refractivity (Wildman–Crippen MR) is 128 cm³/mol. The summed E-state index contributed by atoms with van der Waals surface area (Å²) in [5, 5.41) is 7.34. The molecule has 0 bridgehead atoms. The summed E-state index contributed by atoms with van der Waals surface area (Å²) in [5.41, 5.74) is 4.10. The molecule has 7 heteroatoms. The van der Waals surface area contributed by atoms with E-state index in [9.17, 15) is 4.79 Å². The Morgan fingerprint density at radius 2 is 2.03 bits per heavy atom. The average molecular weight is 449 g/mol. The van der Waals surface area contributed by atoms with E-state index in [1.165, 1.54) is 5.56 Å². The van der Waals surface area contributed by atoms with Gasteiger partial charge in [0.2, 0.25) is 17.6 Å². The number of hydrogen-bond donors (Lipinski definition) is 1. The molecule has 1 aromatic heterocycles. The molecule has 0 saturated carbocycles. The van der Waals surface area contributed by atoms with Crippen LogP contribution in [-0.4, -0.2) is 41.1 Å². The van der Waals surface area contributed by atoms with Gasteiger partial charge < -0.3 is 14.6 Å². The summed E-state index contributed by atoms with van der Waals surface area (Å²) in [7, 11) is 1.64. The number of piperidine rings is 1. The molecule has 1 amide bonds. The van der Waals surface area contributed by atoms with Gasteiger partial charge in [0, 0.05) is 17.8 Å². The summed E-state index contributed by atoms with van der Waals surface area (Å²) in [4.78, 5) is 19.9. The molecule has 1 fully saturated rings. The Hall–Kier alpha value is -3.19. The Labute approximate surface area is 195 Å². The first kappa shape index (κ1) is 23.0. The first-order valence-electron chi connectivity index (χ1n) is 11.5. The lowest BCUT2D eigenvalue weighted by molar-refractivity contribution is -0.121. The van der Waals surface area contributed by atoms with Crippen molar-refractivity contribution in [2.24, 2.45) is 5.92 Å². The largest absolute Gasteiger partial charge is 0.497 e. The number of aryl methyl sites for hydroxylation is 1. The highest BCUT2D eigenvalue weighted by molar-refractivity contribution is 5.94. The van der Waals surface area contributed by atoms with E-state index in [4.69, 9.17) is 9.26 Å². The van der Waals surface area contributed by atoms with Crippen LogP contribution in [0, 0.1) is 12.8 Å². The zero-order chi connectivity index (χ0) is 23.4. The Balaban J connectivity index is 1.39. The third-order valence-electron chi connectivity index (χ3n) is 6.23. The summed E-state index contributed by atoms with van der Waals surface area (Å²) in [6, 6.07) is 13.8. The van der Waals surface area contributed by atoms with E-state index in [1.54, 1.807) is 7.11 Å². The van der Waals surface area contributed by atoms with E-state index < -0.39 is 0 Å². The van der Waals surface area contributed by atoms with Crippen molar-refractivity contribution in [3.8, 4) is 17.1 Å². The van der Waals surface area contributed by atoms with Crippen LogP contribution < -0.4 is 10.1 Å². The number of methoxy groups -OCH3 is 1. The number of nitrogens with one attached hydrogen (secondary N) is 1. The number of amides is 1. The molecule has 174 valence electrons. The first-order valence-corrected chi connectivity index (χ1v) is 11.5. The smallest absolute Gasteiger partial charge is 0.241 e. The van der Waals surface area contributed by atoms with Crippen LogP contribution in [0.15, 0.2) is 47.0 Å². The number of rotatable bonds is 7. The minimum Gasteiger partial charge on any atom is -0.497 e. The van der Waals surface area contributed by atoms with Gasteiger partial charge in [0.15, 0.2) is 0 Å². The molecule has 2 aromatic carbocycles. The van der Waals surface area contributed by atoms with Crippen LogP contribution in [0.2, 0.25) is 0 Å². The molecule has 1 unspecified atom stereocenters. The highest BCUT2D eigenvalue weighted by Crippen LogP contribution is 2.29. The lowest BCUT2D eigenvalue weighted by Gasteiger charge is -2.31. The Kier molecular flexibility index (Phi) is 7.08. The Morgan fingerprint density at radius 3 is 2.76 bits per heavy atom. The van der Waals surface area contributed by atoms with Crippen LogP contribution >= 0.6 is 0 Å². The van der Waals surface area contributed by atoms with E-state index in [-0.39, 0.29) is 11.8 Å². The monoisotopic (exact) mass is 448 g/mol. The zero-order valence-electron chi connectivity index (χ0n) is 19.8. The summed E-state index contributed by atoms with van der Waals surface area (Å²) in [6.45, 7) is 8.47. The number of nitrogens with zero attached hydrogens (tertiary/aromatic N) is 3. The molecule has 1 saturated heterocycles. The molecule has 7 nitrogen and oxygen atoms in total. The number of benzene rings is 2. The van der Waals surface area contributed by atoms with Crippen molar-refractivity contribution >= 4 is 11.6 Å². The van der Waals surface area contributed by atoms with Gasteiger partial charge in [-0.15, -0.1) is 0 Å². The lowest BCUT2D eigenvalue weighted by Crippen LogP contribution is -2.40. The number of carbonyl (C=O) groups excluding carboxylic acids is 1. The molecule has 1 atom stereocenters. The van der Waals surface area contributed by atoms with Crippen molar-refractivity contribution < 1.29 is 14.1 Å². The fourth-order valence-corrected chi connectivity index (χ4v) is 4.35. The van der Waals surface area contributed by atoms with Crippen LogP contribution in [0.3, 0.4) is 0 Å². The van der Waals surface area contributed by atoms with E-state index in [2.05, 4.69) is 40.3 Å². The van der Waals surface area contributed by atoms with Crippen LogP contribution in [0.1, 0.15) is 49.6 Å². The minimum atomic E-state index is -0.0673. The van der Waals surface area contributed by atoms with E-state index in [0.717, 1.165) is 42.0 Å². The number of para-hydroxylation sites is 1. The van der Waals surface area contributed by atoms with Gasteiger partial charge in [-0.05, 0) is 67.6 Å². The maximum atomic E-state index is 13.1. The van der Waals surface area contributed by atoms with Crippen molar-refractivity contribution in [3.63, 3.8) is 0 Å². The molecular formula is C26H32N4O3. The zero-order valence-corrected chi connectivity index (χ0v) is 19.8. The fourth-order valence-electron chi connectivity index (χ4n) is 4.35. The van der Waals surface area contributed by atoms with Crippen LogP contribution in [0.4, 0.5) is 5.69 Å². The van der Waals surface area contributed by atoms with Gasteiger partial charge in [-0.2, -0.15) is 4.98 Å². The van der Waals surface area contributed by atoms with E-state index in [1.807, 2.05) is 43.3 Å². The number of aromatic nitrogens is 2. The highest BCUT2D eigenvalue weighted by Gasteiger charge is 2.28. The Bertz CT molecular complexity index is 1090. The highest BCUT2D eigenvalue weighted by atomic mass is 16.5. The van der Waals surface area contributed by atoms with Crippen LogP contribution in [0.25, 0.3) is 11.4 Å². The number of likely N-dealkylation sites (tertiary alicyclic amines) is 1. The topological polar surface area (TPSA) is 80.5 Å². The molecule has 3 aromatic rings. The van der Waals surface area contributed by atoms with E-state index in [0.29, 0.717) is 30.7 Å². The van der Waals surface area contributed by atoms with Gasteiger partial charge in [-0.3, -0.25) is 9.69 Å². The lowest BCUT2D eigenvalue weighted by atomic mass is 9.95. The van der Waals surface area contributed by atoms with Crippen molar-refractivity contribution in [2.75, 3.05) is 25.5 Å². The summed E-state index contributed by atoms with van der Waals surface area (Å²) in [5.74, 6) is 2.26. The quantitative estimate of drug-likeness (QED) is 0.546. The van der Waals surface area contributed by atoms with Gasteiger partial charge in [0.1, 0.15) is 5.75 Å². The summed E-state index contributed by atoms with van der Waals surface area (Å²) in [6.07, 6.45) is 1.84. The first-order chi connectivity index (χ1) is 15.9. The predicted octanol–water partition coefficient (Wildman–Crippen LogP) is 5.03. The number of anilines is 1. The minimum absolute atomic E-state index is 0.0673. The molecule has 0 spiro atoms. The number of ether oxygens (including phenoxy) is 1. The van der Waals surface area contributed by atoms with Crippen molar-refractivity contribution in [2.45, 2.75) is 46.1 Å². The molecule has 4 rings (SSSR count). The average Bonchev–Trinajstić information content (AvgIpc) is 3.28.